The summed E-state index contributed by atoms with van der Waals surface area (Å²) in [6.45, 7) is 1.72. The number of likely N-dealkylation sites (N-methyl/N-ethyl adjacent to an activating group) is 1. The Hall–Kier alpha value is -2.01. The molecule has 1 atom stereocenters. The number of halogens is 1. The molecule has 0 aliphatic heterocycles. The van der Waals surface area contributed by atoms with E-state index < -0.39 is 0 Å². The third kappa shape index (κ3) is 3.90. The van der Waals surface area contributed by atoms with Gasteiger partial charge in [0.2, 0.25) is 0 Å². The molecule has 0 unspecified atom stereocenters. The molecule has 5 heteroatoms. The van der Waals surface area contributed by atoms with Crippen LogP contribution in [0.4, 0.5) is 0 Å². The van der Waals surface area contributed by atoms with Crippen LogP contribution in [0.15, 0.2) is 63.6 Å². The lowest BCUT2D eigenvalue weighted by atomic mass is 10.2. The van der Waals surface area contributed by atoms with Gasteiger partial charge in [-0.15, -0.1) is 0 Å². The van der Waals surface area contributed by atoms with Crippen molar-refractivity contribution in [2.75, 3.05) is 20.6 Å². The first-order chi connectivity index (χ1) is 11.6. The van der Waals surface area contributed by atoms with E-state index in [0.29, 0.717) is 11.1 Å². The Morgan fingerprint density at radius 3 is 2.62 bits per heavy atom. The van der Waals surface area contributed by atoms with Gasteiger partial charge >= 0.3 is 0 Å². The van der Waals surface area contributed by atoms with Crippen LogP contribution in [0, 0.1) is 0 Å². The van der Waals surface area contributed by atoms with Crippen LogP contribution in [0.5, 0.6) is 0 Å². The highest BCUT2D eigenvalue weighted by molar-refractivity contribution is 6.33. The van der Waals surface area contributed by atoms with Crippen LogP contribution in [0.2, 0.25) is 5.02 Å². The summed E-state index contributed by atoms with van der Waals surface area (Å²) >= 11 is 6.22. The zero-order valence-corrected chi connectivity index (χ0v) is 14.7. The van der Waals surface area contributed by atoms with Crippen LogP contribution < -0.4 is 10.2 Å². The lowest BCUT2D eigenvalue weighted by Gasteiger charge is -2.17. The SMILES string of the molecule is C[NH+](C)[C@@H](C[NH2+]Cc1ccc(-c2ccccc2Cl)o1)c1ccco1. The Morgan fingerprint density at radius 2 is 1.92 bits per heavy atom. The van der Waals surface area contributed by atoms with Crippen LogP contribution in [0.1, 0.15) is 17.6 Å². The Morgan fingerprint density at radius 1 is 1.08 bits per heavy atom. The molecule has 1 aromatic carbocycles. The Labute approximate surface area is 147 Å². The number of hydrogen-bond donors (Lipinski definition) is 2. The number of benzene rings is 1. The first kappa shape index (κ1) is 16.8. The highest BCUT2D eigenvalue weighted by Gasteiger charge is 2.22. The summed E-state index contributed by atoms with van der Waals surface area (Å²) in [5.74, 6) is 2.77. The normalized spacial score (nSPS) is 12.7. The van der Waals surface area contributed by atoms with Crippen molar-refractivity contribution >= 4 is 11.6 Å². The predicted molar refractivity (Wildman–Crippen MR) is 93.9 cm³/mol. The van der Waals surface area contributed by atoms with Crippen molar-refractivity contribution in [2.45, 2.75) is 12.6 Å². The summed E-state index contributed by atoms with van der Waals surface area (Å²) < 4.78 is 11.5. The molecule has 0 saturated carbocycles. The minimum absolute atomic E-state index is 0.318. The lowest BCUT2D eigenvalue weighted by Crippen LogP contribution is -3.09. The van der Waals surface area contributed by atoms with E-state index in [4.69, 9.17) is 20.4 Å². The van der Waals surface area contributed by atoms with Crippen molar-refractivity contribution in [1.29, 1.82) is 0 Å². The number of quaternary nitrogens is 2. The van der Waals surface area contributed by atoms with E-state index in [9.17, 15) is 0 Å². The van der Waals surface area contributed by atoms with Crippen molar-refractivity contribution in [2.24, 2.45) is 0 Å². The van der Waals surface area contributed by atoms with Crippen molar-refractivity contribution in [3.05, 3.63) is 71.3 Å². The van der Waals surface area contributed by atoms with Gasteiger partial charge in [-0.1, -0.05) is 23.7 Å². The number of nitrogens with two attached hydrogens (primary N) is 1. The molecular weight excluding hydrogens is 324 g/mol. The molecule has 0 spiro atoms. The van der Waals surface area contributed by atoms with E-state index in [1.54, 1.807) is 6.26 Å². The highest BCUT2D eigenvalue weighted by atomic mass is 35.5. The van der Waals surface area contributed by atoms with E-state index in [1.807, 2.05) is 48.5 Å². The first-order valence-electron chi connectivity index (χ1n) is 8.14. The second-order valence-corrected chi connectivity index (χ2v) is 6.53. The predicted octanol–water partition coefficient (Wildman–Crippen LogP) is 2.14. The van der Waals surface area contributed by atoms with Crippen molar-refractivity contribution in [1.82, 2.24) is 0 Å². The molecule has 126 valence electrons. The topological polar surface area (TPSA) is 47.3 Å². The van der Waals surface area contributed by atoms with Crippen molar-refractivity contribution in [3.63, 3.8) is 0 Å². The number of hydrogen-bond acceptors (Lipinski definition) is 2. The van der Waals surface area contributed by atoms with E-state index in [-0.39, 0.29) is 0 Å². The van der Waals surface area contributed by atoms with Gasteiger partial charge in [-0.3, -0.25) is 0 Å². The molecule has 0 aliphatic carbocycles. The second-order valence-electron chi connectivity index (χ2n) is 6.12. The van der Waals surface area contributed by atoms with Crippen LogP contribution in [0.25, 0.3) is 11.3 Å². The maximum absolute atomic E-state index is 6.22. The van der Waals surface area contributed by atoms with Gasteiger partial charge in [-0.25, -0.2) is 0 Å². The van der Waals surface area contributed by atoms with Gasteiger partial charge in [0, 0.05) is 5.56 Å². The molecule has 2 heterocycles. The van der Waals surface area contributed by atoms with Gasteiger partial charge in [-0.2, -0.15) is 0 Å². The number of nitrogens with one attached hydrogen (secondary N) is 1. The smallest absolute Gasteiger partial charge is 0.195 e. The average molecular weight is 347 g/mol. The highest BCUT2D eigenvalue weighted by Crippen LogP contribution is 2.28. The fraction of sp³-hybridized carbons (Fsp3) is 0.263. The molecule has 0 radical (unpaired) electrons. The van der Waals surface area contributed by atoms with Gasteiger partial charge in [-0.05, 0) is 36.4 Å². The molecule has 0 fully saturated rings. The maximum Gasteiger partial charge on any atom is 0.195 e. The molecule has 24 heavy (non-hydrogen) atoms. The van der Waals surface area contributed by atoms with Gasteiger partial charge < -0.3 is 19.1 Å². The minimum atomic E-state index is 0.318. The summed E-state index contributed by atoms with van der Waals surface area (Å²) in [4.78, 5) is 1.34. The van der Waals surface area contributed by atoms with Crippen LogP contribution in [0.3, 0.4) is 0 Å². The number of rotatable bonds is 7. The van der Waals surface area contributed by atoms with Crippen LogP contribution in [-0.2, 0) is 6.54 Å². The maximum atomic E-state index is 6.22. The Kier molecular flexibility index (Phi) is 5.41. The van der Waals surface area contributed by atoms with Crippen molar-refractivity contribution in [3.8, 4) is 11.3 Å². The summed E-state index contributed by atoms with van der Waals surface area (Å²) in [5.41, 5.74) is 0.927. The molecule has 0 aliphatic rings. The van der Waals surface area contributed by atoms with Gasteiger partial charge in [0.15, 0.2) is 17.6 Å². The van der Waals surface area contributed by atoms with E-state index >= 15 is 0 Å². The fourth-order valence-electron chi connectivity index (χ4n) is 2.81. The van der Waals surface area contributed by atoms with Crippen molar-refractivity contribution < 1.29 is 19.1 Å². The van der Waals surface area contributed by atoms with Crippen LogP contribution in [-0.4, -0.2) is 20.6 Å². The zero-order chi connectivity index (χ0) is 16.9. The molecular formula is C19H23ClN2O2+2. The summed E-state index contributed by atoms with van der Waals surface area (Å²) in [6.07, 6.45) is 1.73. The van der Waals surface area contributed by atoms with E-state index in [0.717, 1.165) is 35.9 Å². The quantitative estimate of drug-likeness (QED) is 0.688. The molecule has 2 aromatic heterocycles. The lowest BCUT2D eigenvalue weighted by molar-refractivity contribution is -0.911. The van der Waals surface area contributed by atoms with Gasteiger partial charge in [0.05, 0.1) is 25.4 Å². The Balaban J connectivity index is 1.60. The molecule has 0 bridgehead atoms. The van der Waals surface area contributed by atoms with Gasteiger partial charge in [0.25, 0.3) is 0 Å². The summed E-state index contributed by atoms with van der Waals surface area (Å²) in [5, 5.41) is 2.95. The largest absolute Gasteiger partial charge is 0.463 e. The standard InChI is InChI=1S/C19H21ClN2O2/c1-22(2)17(19-8-5-11-23-19)13-21-12-14-9-10-18(24-14)15-6-3-4-7-16(15)20/h3-11,17,21H,12-13H2,1-2H3/p+2/t17-/m0/s1. The number of furan rings is 2. The third-order valence-electron chi connectivity index (χ3n) is 4.13. The molecule has 3 rings (SSSR count). The first-order valence-corrected chi connectivity index (χ1v) is 8.51. The Bertz CT molecular complexity index is 765. The molecule has 4 nitrogen and oxygen atoms in total. The molecule has 0 amide bonds. The minimum Gasteiger partial charge on any atom is -0.463 e. The average Bonchev–Trinajstić information content (AvgIpc) is 3.23. The monoisotopic (exact) mass is 346 g/mol. The second kappa shape index (κ2) is 7.71. The zero-order valence-electron chi connectivity index (χ0n) is 14.0. The van der Waals surface area contributed by atoms with Gasteiger partial charge in [0.1, 0.15) is 18.8 Å². The third-order valence-corrected chi connectivity index (χ3v) is 4.46. The summed E-state index contributed by atoms with van der Waals surface area (Å²) in [6, 6.07) is 16.0. The fourth-order valence-corrected chi connectivity index (χ4v) is 3.04. The van der Waals surface area contributed by atoms with E-state index in [1.165, 1.54) is 4.90 Å². The molecule has 3 aromatic rings. The summed E-state index contributed by atoms with van der Waals surface area (Å²) in [7, 11) is 4.28. The molecule has 0 saturated heterocycles. The molecule has 3 N–H and O–H groups in total. The van der Waals surface area contributed by atoms with Crippen LogP contribution >= 0.6 is 11.6 Å². The van der Waals surface area contributed by atoms with E-state index in [2.05, 4.69) is 19.4 Å².